The number of nitriles is 1. The molecule has 6 nitrogen and oxygen atoms in total. The van der Waals surface area contributed by atoms with Crippen molar-refractivity contribution in [1.82, 2.24) is 4.98 Å². The van der Waals surface area contributed by atoms with Crippen molar-refractivity contribution in [1.29, 1.82) is 5.26 Å². The average molecular weight is 375 g/mol. The van der Waals surface area contributed by atoms with E-state index in [9.17, 15) is 5.26 Å². The van der Waals surface area contributed by atoms with E-state index in [1.54, 1.807) is 33.5 Å². The molecule has 2 N–H and O–H groups in total. The van der Waals surface area contributed by atoms with Crippen LogP contribution in [-0.4, -0.2) is 26.3 Å². The number of methoxy groups -OCH3 is 3. The van der Waals surface area contributed by atoms with Crippen LogP contribution in [-0.2, 0) is 0 Å². The van der Waals surface area contributed by atoms with E-state index in [2.05, 4.69) is 11.1 Å². The van der Waals surface area contributed by atoms with Crippen LogP contribution in [0.25, 0.3) is 22.4 Å². The van der Waals surface area contributed by atoms with Crippen molar-refractivity contribution in [2.75, 3.05) is 27.1 Å². The van der Waals surface area contributed by atoms with Crippen molar-refractivity contribution in [2.24, 2.45) is 0 Å². The summed E-state index contributed by atoms with van der Waals surface area (Å²) >= 11 is 0. The molecule has 0 unspecified atom stereocenters. The zero-order valence-corrected chi connectivity index (χ0v) is 16.2. The number of rotatable bonds is 5. The van der Waals surface area contributed by atoms with Gasteiger partial charge < -0.3 is 19.9 Å². The summed E-state index contributed by atoms with van der Waals surface area (Å²) in [5.74, 6) is 1.65. The Labute approximate surface area is 164 Å². The normalized spacial score (nSPS) is 10.2. The Bertz CT molecular complexity index is 1030. The van der Waals surface area contributed by atoms with Crippen molar-refractivity contribution in [3.05, 3.63) is 53.6 Å². The van der Waals surface area contributed by atoms with Gasteiger partial charge in [-0.3, -0.25) is 0 Å². The third-order valence-electron chi connectivity index (χ3n) is 4.58. The number of nitrogen functional groups attached to an aromatic ring is 1. The van der Waals surface area contributed by atoms with E-state index in [-0.39, 0.29) is 5.82 Å². The maximum Gasteiger partial charge on any atom is 0.203 e. The van der Waals surface area contributed by atoms with Gasteiger partial charge in [0.25, 0.3) is 0 Å². The van der Waals surface area contributed by atoms with Gasteiger partial charge in [0, 0.05) is 11.1 Å². The third-order valence-corrected chi connectivity index (χ3v) is 4.58. The molecule has 0 amide bonds. The molecule has 0 aliphatic carbocycles. The minimum Gasteiger partial charge on any atom is -0.493 e. The van der Waals surface area contributed by atoms with Crippen LogP contribution in [0.2, 0.25) is 0 Å². The summed E-state index contributed by atoms with van der Waals surface area (Å²) < 4.78 is 16.3. The first-order valence-corrected chi connectivity index (χ1v) is 8.61. The smallest absolute Gasteiger partial charge is 0.203 e. The fourth-order valence-corrected chi connectivity index (χ4v) is 3.27. The summed E-state index contributed by atoms with van der Waals surface area (Å²) in [7, 11) is 4.65. The lowest BCUT2D eigenvalue weighted by Gasteiger charge is -2.18. The second-order valence-corrected chi connectivity index (χ2v) is 6.11. The van der Waals surface area contributed by atoms with Gasteiger partial charge in [-0.1, -0.05) is 30.3 Å². The number of anilines is 1. The van der Waals surface area contributed by atoms with Crippen LogP contribution in [0.1, 0.15) is 11.1 Å². The van der Waals surface area contributed by atoms with E-state index in [1.807, 2.05) is 37.3 Å². The van der Waals surface area contributed by atoms with Crippen LogP contribution in [0.5, 0.6) is 17.2 Å². The van der Waals surface area contributed by atoms with E-state index in [0.717, 1.165) is 22.4 Å². The molecule has 3 rings (SSSR count). The zero-order valence-electron chi connectivity index (χ0n) is 16.2. The Morgan fingerprint density at radius 1 is 0.929 bits per heavy atom. The minimum absolute atomic E-state index is 0.177. The number of nitrogens with zero attached hydrogens (tertiary/aromatic N) is 2. The lowest BCUT2D eigenvalue weighted by Crippen LogP contribution is -2.04. The second-order valence-electron chi connectivity index (χ2n) is 6.11. The highest BCUT2D eigenvalue weighted by Gasteiger charge is 2.21. The van der Waals surface area contributed by atoms with E-state index in [4.69, 9.17) is 19.9 Å². The largest absolute Gasteiger partial charge is 0.493 e. The van der Waals surface area contributed by atoms with Gasteiger partial charge >= 0.3 is 0 Å². The second kappa shape index (κ2) is 7.89. The highest BCUT2D eigenvalue weighted by atomic mass is 16.5. The lowest BCUT2D eigenvalue weighted by atomic mass is 9.92. The van der Waals surface area contributed by atoms with E-state index < -0.39 is 0 Å². The Hall–Kier alpha value is -3.72. The molecule has 0 aliphatic rings. The van der Waals surface area contributed by atoms with Crippen molar-refractivity contribution in [3.63, 3.8) is 0 Å². The molecule has 28 heavy (non-hydrogen) atoms. The van der Waals surface area contributed by atoms with Gasteiger partial charge in [-0.2, -0.15) is 5.26 Å². The van der Waals surface area contributed by atoms with Gasteiger partial charge in [0.15, 0.2) is 11.5 Å². The van der Waals surface area contributed by atoms with Gasteiger partial charge in [0.1, 0.15) is 17.5 Å². The molecule has 0 saturated carbocycles. The van der Waals surface area contributed by atoms with Crippen LogP contribution < -0.4 is 19.9 Å². The highest BCUT2D eigenvalue weighted by molar-refractivity contribution is 5.85. The van der Waals surface area contributed by atoms with Gasteiger partial charge in [0.05, 0.1) is 27.0 Å². The Morgan fingerprint density at radius 3 is 2.04 bits per heavy atom. The van der Waals surface area contributed by atoms with Crippen LogP contribution in [0.3, 0.4) is 0 Å². The average Bonchev–Trinajstić information content (AvgIpc) is 2.74. The maximum atomic E-state index is 9.74. The van der Waals surface area contributed by atoms with Gasteiger partial charge in [-0.25, -0.2) is 4.98 Å². The molecule has 142 valence electrons. The molecule has 0 aliphatic heterocycles. The number of aromatic nitrogens is 1. The van der Waals surface area contributed by atoms with E-state index in [1.165, 1.54) is 0 Å². The number of nitrogens with two attached hydrogens (primary N) is 1. The number of ether oxygens (including phenoxy) is 3. The fraction of sp³-hybridized carbons (Fsp3) is 0.182. The monoisotopic (exact) mass is 375 g/mol. The van der Waals surface area contributed by atoms with Gasteiger partial charge in [-0.05, 0) is 30.2 Å². The number of benzene rings is 2. The van der Waals surface area contributed by atoms with Crippen molar-refractivity contribution < 1.29 is 14.2 Å². The zero-order chi connectivity index (χ0) is 20.3. The van der Waals surface area contributed by atoms with Gasteiger partial charge in [0.2, 0.25) is 5.75 Å². The van der Waals surface area contributed by atoms with Gasteiger partial charge in [-0.15, -0.1) is 0 Å². The molecular weight excluding hydrogens is 354 g/mol. The van der Waals surface area contributed by atoms with E-state index >= 15 is 0 Å². The minimum atomic E-state index is 0.177. The third kappa shape index (κ3) is 3.19. The first kappa shape index (κ1) is 19.1. The predicted molar refractivity (Wildman–Crippen MR) is 109 cm³/mol. The predicted octanol–water partition coefficient (Wildman–Crippen LogP) is 4.20. The van der Waals surface area contributed by atoms with Crippen molar-refractivity contribution in [2.45, 2.75) is 6.92 Å². The van der Waals surface area contributed by atoms with Crippen molar-refractivity contribution >= 4 is 5.82 Å². The Kier molecular flexibility index (Phi) is 5.37. The number of hydrogen-bond donors (Lipinski definition) is 1. The molecule has 2 aromatic carbocycles. The van der Waals surface area contributed by atoms with Crippen molar-refractivity contribution in [3.8, 4) is 45.7 Å². The maximum absolute atomic E-state index is 9.74. The lowest BCUT2D eigenvalue weighted by molar-refractivity contribution is 0.324. The van der Waals surface area contributed by atoms with Crippen LogP contribution >= 0.6 is 0 Å². The Morgan fingerprint density at radius 2 is 1.54 bits per heavy atom. The molecule has 1 aromatic heterocycles. The summed E-state index contributed by atoms with van der Waals surface area (Å²) in [4.78, 5) is 4.49. The molecule has 0 atom stereocenters. The summed E-state index contributed by atoms with van der Waals surface area (Å²) in [5.41, 5.74) is 10.4. The molecule has 6 heteroatoms. The molecular formula is C22H21N3O3. The fourth-order valence-electron chi connectivity index (χ4n) is 3.27. The highest BCUT2D eigenvalue weighted by Crippen LogP contribution is 2.44. The molecule has 0 saturated heterocycles. The topological polar surface area (TPSA) is 90.4 Å². The molecule has 0 fully saturated rings. The van der Waals surface area contributed by atoms with E-state index in [0.29, 0.717) is 28.4 Å². The molecule has 3 aromatic rings. The summed E-state index contributed by atoms with van der Waals surface area (Å²) in [6.07, 6.45) is 0. The number of hydrogen-bond acceptors (Lipinski definition) is 6. The number of pyridine rings is 1. The first-order chi connectivity index (χ1) is 13.5. The quantitative estimate of drug-likeness (QED) is 0.719. The summed E-state index contributed by atoms with van der Waals surface area (Å²) in [6, 6.07) is 15.5. The summed E-state index contributed by atoms with van der Waals surface area (Å²) in [5, 5.41) is 9.74. The van der Waals surface area contributed by atoms with Crippen LogP contribution in [0.4, 0.5) is 5.82 Å². The molecule has 1 heterocycles. The SMILES string of the molecule is COc1cc(-c2c(C)c(-c3ccccc3)nc(N)c2C#N)cc(OC)c1OC. The van der Waals surface area contributed by atoms with Crippen LogP contribution in [0.15, 0.2) is 42.5 Å². The standard InChI is InChI=1S/C22H21N3O3/c1-13-19(15-10-17(26-2)21(28-4)18(11-15)27-3)16(12-23)22(24)25-20(13)14-8-6-5-7-9-14/h5-11H,1-4H3,(H2,24,25). The first-order valence-electron chi connectivity index (χ1n) is 8.61. The molecule has 0 spiro atoms. The summed E-state index contributed by atoms with van der Waals surface area (Å²) in [6.45, 7) is 1.92. The molecule has 0 radical (unpaired) electrons. The Balaban J connectivity index is 2.36. The van der Waals surface area contributed by atoms with Crippen LogP contribution in [0, 0.1) is 18.3 Å². The molecule has 0 bridgehead atoms.